The number of nitrogens with two attached hydrogens (primary N) is 1. The molecule has 16 heavy (non-hydrogen) atoms. The van der Waals surface area contributed by atoms with Gasteiger partial charge in [0.25, 0.3) is 0 Å². The number of nitrogens with zero attached hydrogens (tertiary/aromatic N) is 2. The van der Waals surface area contributed by atoms with Crippen LogP contribution in [0.4, 0.5) is 5.69 Å². The van der Waals surface area contributed by atoms with Gasteiger partial charge in [0, 0.05) is 25.6 Å². The number of hydrazine groups is 1. The molecule has 5 heteroatoms. The second-order valence-corrected chi connectivity index (χ2v) is 3.73. The molecule has 1 aliphatic heterocycles. The van der Waals surface area contributed by atoms with Gasteiger partial charge in [-0.05, 0) is 6.07 Å². The van der Waals surface area contributed by atoms with Crippen molar-refractivity contribution in [1.29, 1.82) is 0 Å². The van der Waals surface area contributed by atoms with Crippen LogP contribution in [0.15, 0.2) is 24.3 Å². The van der Waals surface area contributed by atoms with E-state index in [0.29, 0.717) is 19.6 Å². The number of anilines is 1. The van der Waals surface area contributed by atoms with Crippen molar-refractivity contribution in [3.8, 4) is 0 Å². The molecule has 1 aromatic rings. The van der Waals surface area contributed by atoms with E-state index in [1.807, 2.05) is 29.3 Å². The summed E-state index contributed by atoms with van der Waals surface area (Å²) in [5.41, 5.74) is 1.95. The molecule has 1 aromatic carbocycles. The zero-order valence-electron chi connectivity index (χ0n) is 9.22. The van der Waals surface area contributed by atoms with Crippen LogP contribution in [0.1, 0.15) is 12.0 Å². The molecule has 1 heterocycles. The van der Waals surface area contributed by atoms with Gasteiger partial charge in [-0.2, -0.15) is 0 Å². The summed E-state index contributed by atoms with van der Waals surface area (Å²) in [6.07, 6.45) is 0.550. The fourth-order valence-corrected chi connectivity index (χ4v) is 1.90. The molecule has 0 aliphatic carbocycles. The highest BCUT2D eigenvalue weighted by Gasteiger charge is 2.26. The Morgan fingerprint density at radius 2 is 2.19 bits per heavy atom. The van der Waals surface area contributed by atoms with Crippen molar-refractivity contribution in [2.24, 2.45) is 5.90 Å². The van der Waals surface area contributed by atoms with E-state index in [2.05, 4.69) is 4.84 Å². The molecular formula is C11H15N3O2. The van der Waals surface area contributed by atoms with Gasteiger partial charge in [-0.25, -0.2) is 5.90 Å². The lowest BCUT2D eigenvalue weighted by atomic mass is 10.2. The van der Waals surface area contributed by atoms with Crippen molar-refractivity contribution in [3.05, 3.63) is 29.8 Å². The van der Waals surface area contributed by atoms with Gasteiger partial charge in [-0.3, -0.25) is 19.6 Å². The largest absolute Gasteiger partial charge is 0.300 e. The Balaban J connectivity index is 2.29. The summed E-state index contributed by atoms with van der Waals surface area (Å²) >= 11 is 0. The van der Waals surface area contributed by atoms with Gasteiger partial charge in [0.1, 0.15) is 0 Å². The third-order valence-electron chi connectivity index (χ3n) is 2.77. The van der Waals surface area contributed by atoms with E-state index >= 15 is 0 Å². The molecule has 5 nitrogen and oxygen atoms in total. The normalized spacial score (nSPS) is 16.0. The van der Waals surface area contributed by atoms with E-state index in [1.54, 1.807) is 12.1 Å². The average Bonchev–Trinajstić information content (AvgIpc) is 2.61. The Hall–Kier alpha value is -1.59. The van der Waals surface area contributed by atoms with Gasteiger partial charge in [0.05, 0.1) is 12.3 Å². The highest BCUT2D eigenvalue weighted by atomic mass is 16.6. The highest BCUT2D eigenvalue weighted by Crippen LogP contribution is 2.25. The molecule has 1 saturated heterocycles. The Labute approximate surface area is 94.3 Å². The van der Waals surface area contributed by atoms with Gasteiger partial charge in [-0.1, -0.05) is 18.2 Å². The van der Waals surface area contributed by atoms with E-state index in [9.17, 15) is 4.79 Å². The van der Waals surface area contributed by atoms with Crippen LogP contribution in [0, 0.1) is 0 Å². The molecule has 0 bridgehead atoms. The van der Waals surface area contributed by atoms with Gasteiger partial charge in [0.2, 0.25) is 5.91 Å². The van der Waals surface area contributed by atoms with Crippen LogP contribution in [0.5, 0.6) is 0 Å². The summed E-state index contributed by atoms with van der Waals surface area (Å²) in [7, 11) is 1.77. The van der Waals surface area contributed by atoms with Gasteiger partial charge < -0.3 is 0 Å². The SMILES string of the molecule is CN1C(=O)CCN1c1ccccc1CON. The zero-order chi connectivity index (χ0) is 11.5. The number of amides is 1. The standard InChI is InChI=1S/C11H15N3O2/c1-13-11(15)6-7-14(13)10-5-3-2-4-9(10)8-16-12/h2-5H,6-8,12H2,1H3. The number of benzene rings is 1. The molecule has 0 radical (unpaired) electrons. The number of hydrogen-bond donors (Lipinski definition) is 1. The second kappa shape index (κ2) is 4.51. The van der Waals surface area contributed by atoms with Gasteiger partial charge in [-0.15, -0.1) is 0 Å². The number of hydrogen-bond acceptors (Lipinski definition) is 4. The monoisotopic (exact) mass is 221 g/mol. The van der Waals surface area contributed by atoms with Gasteiger partial charge >= 0.3 is 0 Å². The second-order valence-electron chi connectivity index (χ2n) is 3.73. The van der Waals surface area contributed by atoms with Crippen LogP contribution >= 0.6 is 0 Å². The molecule has 0 saturated carbocycles. The molecule has 1 aliphatic rings. The Morgan fingerprint density at radius 3 is 2.81 bits per heavy atom. The summed E-state index contributed by atoms with van der Waals surface area (Å²) in [6.45, 7) is 1.05. The number of rotatable bonds is 3. The van der Waals surface area contributed by atoms with E-state index in [0.717, 1.165) is 11.3 Å². The van der Waals surface area contributed by atoms with Crippen LogP contribution in [-0.4, -0.2) is 24.5 Å². The molecule has 1 fully saturated rings. The molecule has 2 N–H and O–H groups in total. The molecule has 0 aromatic heterocycles. The van der Waals surface area contributed by atoms with Crippen molar-refractivity contribution >= 4 is 11.6 Å². The third-order valence-corrected chi connectivity index (χ3v) is 2.77. The fraction of sp³-hybridized carbons (Fsp3) is 0.364. The summed E-state index contributed by atoms with van der Waals surface area (Å²) in [5.74, 6) is 5.22. The third kappa shape index (κ3) is 1.87. The van der Waals surface area contributed by atoms with Crippen molar-refractivity contribution in [3.63, 3.8) is 0 Å². The number of para-hydroxylation sites is 1. The average molecular weight is 221 g/mol. The summed E-state index contributed by atoms with van der Waals surface area (Å²) in [4.78, 5) is 16.1. The Morgan fingerprint density at radius 1 is 1.44 bits per heavy atom. The summed E-state index contributed by atoms with van der Waals surface area (Å²) in [6, 6.07) is 7.77. The van der Waals surface area contributed by atoms with Crippen LogP contribution in [0.25, 0.3) is 0 Å². The van der Waals surface area contributed by atoms with E-state index in [-0.39, 0.29) is 5.91 Å². The lowest BCUT2D eigenvalue weighted by Crippen LogP contribution is -2.36. The molecule has 2 rings (SSSR count). The topological polar surface area (TPSA) is 58.8 Å². The maximum atomic E-state index is 11.5. The molecule has 0 atom stereocenters. The first-order valence-corrected chi connectivity index (χ1v) is 5.17. The van der Waals surface area contributed by atoms with Crippen molar-refractivity contribution in [2.75, 3.05) is 18.6 Å². The van der Waals surface area contributed by atoms with Crippen LogP contribution in [0.3, 0.4) is 0 Å². The highest BCUT2D eigenvalue weighted by molar-refractivity contribution is 5.81. The molecular weight excluding hydrogens is 206 g/mol. The zero-order valence-corrected chi connectivity index (χ0v) is 9.22. The van der Waals surface area contributed by atoms with Crippen LogP contribution < -0.4 is 10.9 Å². The molecule has 0 unspecified atom stereocenters. The summed E-state index contributed by atoms with van der Waals surface area (Å²) in [5, 5.41) is 3.58. The van der Waals surface area contributed by atoms with E-state index in [4.69, 9.17) is 5.90 Å². The Kier molecular flexibility index (Phi) is 3.07. The van der Waals surface area contributed by atoms with Crippen molar-refractivity contribution in [1.82, 2.24) is 5.01 Å². The smallest absolute Gasteiger partial charge is 0.242 e. The minimum Gasteiger partial charge on any atom is -0.300 e. The maximum Gasteiger partial charge on any atom is 0.242 e. The van der Waals surface area contributed by atoms with Crippen LogP contribution in [-0.2, 0) is 16.2 Å². The van der Waals surface area contributed by atoms with E-state index < -0.39 is 0 Å². The lowest BCUT2D eigenvalue weighted by molar-refractivity contribution is -0.126. The molecule has 0 spiro atoms. The molecule has 86 valence electrons. The minimum absolute atomic E-state index is 0.128. The molecule has 1 amide bonds. The fourth-order valence-electron chi connectivity index (χ4n) is 1.90. The first kappa shape index (κ1) is 10.9. The lowest BCUT2D eigenvalue weighted by Gasteiger charge is -2.27. The van der Waals surface area contributed by atoms with Crippen molar-refractivity contribution < 1.29 is 9.63 Å². The summed E-state index contributed by atoms with van der Waals surface area (Å²) < 4.78 is 0. The quantitative estimate of drug-likeness (QED) is 0.762. The predicted molar refractivity (Wildman–Crippen MR) is 60.2 cm³/mol. The Bertz CT molecular complexity index is 395. The predicted octanol–water partition coefficient (Wildman–Crippen LogP) is 0.660. The minimum atomic E-state index is 0.128. The van der Waals surface area contributed by atoms with Crippen LogP contribution in [0.2, 0.25) is 0 Å². The first-order chi connectivity index (χ1) is 7.74. The first-order valence-electron chi connectivity index (χ1n) is 5.17. The van der Waals surface area contributed by atoms with E-state index in [1.165, 1.54) is 0 Å². The number of carbonyl (C=O) groups is 1. The maximum absolute atomic E-state index is 11.5. The van der Waals surface area contributed by atoms with Crippen molar-refractivity contribution in [2.45, 2.75) is 13.0 Å². The van der Waals surface area contributed by atoms with Gasteiger partial charge in [0.15, 0.2) is 0 Å². The number of carbonyl (C=O) groups excluding carboxylic acids is 1.